The zero-order valence-corrected chi connectivity index (χ0v) is 18.7. The molecular formula is C25H27N7O. The number of hydrogen-bond donors (Lipinski definition) is 3. The van der Waals surface area contributed by atoms with E-state index in [2.05, 4.69) is 55.1 Å². The minimum Gasteiger partial charge on any atom is -0.321 e. The molecule has 2 heterocycles. The molecule has 168 valence electrons. The molecule has 0 saturated carbocycles. The van der Waals surface area contributed by atoms with Gasteiger partial charge >= 0.3 is 0 Å². The van der Waals surface area contributed by atoms with E-state index in [4.69, 9.17) is 0 Å². The smallest absolute Gasteiger partial charge is 0.255 e. The van der Waals surface area contributed by atoms with Gasteiger partial charge < -0.3 is 5.32 Å². The van der Waals surface area contributed by atoms with Crippen LogP contribution in [-0.4, -0.2) is 32.8 Å². The van der Waals surface area contributed by atoms with Crippen LogP contribution >= 0.6 is 0 Å². The maximum Gasteiger partial charge on any atom is 0.255 e. The van der Waals surface area contributed by atoms with Crippen LogP contribution in [0.4, 0.5) is 11.4 Å². The Morgan fingerprint density at radius 2 is 2.18 bits per heavy atom. The fraction of sp³-hybridized carbons (Fsp3) is 0.160. The Labute approximate surface area is 194 Å². The number of hydrogen-bond acceptors (Lipinski definition) is 6. The number of pyridine rings is 1. The van der Waals surface area contributed by atoms with Gasteiger partial charge in [0.05, 0.1) is 17.6 Å². The van der Waals surface area contributed by atoms with Crippen molar-refractivity contribution < 1.29 is 4.79 Å². The van der Waals surface area contributed by atoms with E-state index in [0.717, 1.165) is 16.8 Å². The van der Waals surface area contributed by atoms with Gasteiger partial charge in [-0.1, -0.05) is 18.2 Å². The van der Waals surface area contributed by atoms with Crippen molar-refractivity contribution in [1.29, 1.82) is 0 Å². The number of carbonyl (C=O) groups excluding carboxylic acids is 1. The molecule has 1 amide bonds. The van der Waals surface area contributed by atoms with E-state index in [1.54, 1.807) is 37.5 Å². The minimum atomic E-state index is -0.178. The largest absolute Gasteiger partial charge is 0.321 e. The zero-order valence-electron chi connectivity index (χ0n) is 18.7. The molecule has 1 aromatic carbocycles. The summed E-state index contributed by atoms with van der Waals surface area (Å²) in [6.07, 6.45) is 16.2. The molecule has 3 aromatic rings. The molecule has 2 aromatic heterocycles. The lowest BCUT2D eigenvalue weighted by molar-refractivity contribution is -0.112. The molecule has 33 heavy (non-hydrogen) atoms. The normalized spacial score (nSPS) is 10.6. The predicted octanol–water partition coefficient (Wildman–Crippen LogP) is 4.61. The van der Waals surface area contributed by atoms with Gasteiger partial charge in [-0.25, -0.2) is 4.98 Å². The number of carbonyl (C=O) groups is 1. The summed E-state index contributed by atoms with van der Waals surface area (Å²) in [5.74, 6) is 2.76. The van der Waals surface area contributed by atoms with Gasteiger partial charge in [-0.3, -0.25) is 20.3 Å². The van der Waals surface area contributed by atoms with Crippen molar-refractivity contribution in [3.8, 4) is 23.7 Å². The molecule has 0 aliphatic rings. The van der Waals surface area contributed by atoms with Crippen molar-refractivity contribution in [2.24, 2.45) is 5.10 Å². The van der Waals surface area contributed by atoms with Crippen LogP contribution in [-0.2, 0) is 11.2 Å². The molecule has 0 aliphatic heterocycles. The Bertz CT molecular complexity index is 1130. The van der Waals surface area contributed by atoms with Crippen molar-refractivity contribution >= 4 is 24.0 Å². The third-order valence-corrected chi connectivity index (χ3v) is 4.30. The molecule has 0 atom stereocenters. The number of aromatic amines is 1. The molecule has 0 unspecified atom stereocenters. The van der Waals surface area contributed by atoms with E-state index in [9.17, 15) is 4.79 Å². The molecule has 0 spiro atoms. The van der Waals surface area contributed by atoms with E-state index in [1.807, 2.05) is 37.3 Å². The molecule has 0 radical (unpaired) electrons. The number of hydrazone groups is 1. The molecule has 3 rings (SSSR count). The zero-order chi connectivity index (χ0) is 23.9. The van der Waals surface area contributed by atoms with Gasteiger partial charge in [0.15, 0.2) is 5.82 Å². The quantitative estimate of drug-likeness (QED) is 0.148. The molecule has 0 saturated heterocycles. The third-order valence-electron chi connectivity index (χ3n) is 4.30. The van der Waals surface area contributed by atoms with E-state index in [0.29, 0.717) is 29.9 Å². The number of nitrogens with zero attached hydrogens (tertiary/aromatic N) is 4. The average molecular weight is 442 g/mol. The second kappa shape index (κ2) is 13.7. The number of allylic oxidation sites excluding steroid dienone is 2. The summed E-state index contributed by atoms with van der Waals surface area (Å²) in [7, 11) is 0. The van der Waals surface area contributed by atoms with Crippen LogP contribution in [0.1, 0.15) is 25.8 Å². The number of amides is 1. The lowest BCUT2D eigenvalue weighted by Crippen LogP contribution is -2.13. The highest BCUT2D eigenvalue weighted by molar-refractivity contribution is 6.05. The van der Waals surface area contributed by atoms with Gasteiger partial charge in [0.2, 0.25) is 0 Å². The number of anilines is 2. The second-order valence-corrected chi connectivity index (χ2v) is 6.66. The van der Waals surface area contributed by atoms with Gasteiger partial charge in [0.1, 0.15) is 6.33 Å². The first-order valence-electron chi connectivity index (χ1n) is 10.2. The van der Waals surface area contributed by atoms with Gasteiger partial charge in [0.25, 0.3) is 5.91 Å². The number of rotatable bonds is 9. The number of nitrogens with one attached hydrogen (secondary N) is 3. The van der Waals surface area contributed by atoms with E-state index in [-0.39, 0.29) is 5.91 Å². The standard InChI is InChI=1S/C22H23N7O.C3H4/c1-3-6-16(22(30)27-19-9-5-12-24-14-19)7-4-8-17-13-18(21-25-15-26-29-21)10-11-20(17)28-23-2;1-3-2/h3,5-7,9-15,28H,2,4,8H2,1H3,(H,27,30)(H,25,26,29);1H,2H3/b6-3-,16-7+;. The molecule has 8 heteroatoms. The van der Waals surface area contributed by atoms with Crippen molar-refractivity contribution in [2.45, 2.75) is 26.7 Å². The number of aryl methyl sites for hydroxylation is 1. The van der Waals surface area contributed by atoms with E-state index in [1.165, 1.54) is 6.33 Å². The fourth-order valence-corrected chi connectivity index (χ4v) is 2.93. The first-order chi connectivity index (χ1) is 16.1. The first kappa shape index (κ1) is 24.8. The molecule has 8 nitrogen and oxygen atoms in total. The Morgan fingerprint density at radius 1 is 1.36 bits per heavy atom. The van der Waals surface area contributed by atoms with Crippen LogP contribution in [0.2, 0.25) is 0 Å². The van der Waals surface area contributed by atoms with Gasteiger partial charge in [-0.05, 0) is 62.6 Å². The van der Waals surface area contributed by atoms with E-state index < -0.39 is 0 Å². The summed E-state index contributed by atoms with van der Waals surface area (Å²) in [5, 5.41) is 13.4. The molecule has 0 fully saturated rings. The third kappa shape index (κ3) is 7.92. The lowest BCUT2D eigenvalue weighted by Gasteiger charge is -2.10. The maximum atomic E-state index is 12.6. The van der Waals surface area contributed by atoms with Crippen LogP contribution in [0.5, 0.6) is 0 Å². The van der Waals surface area contributed by atoms with Crippen LogP contribution in [0.15, 0.2) is 78.0 Å². The van der Waals surface area contributed by atoms with Crippen molar-refractivity contribution in [3.05, 3.63) is 78.4 Å². The monoisotopic (exact) mass is 441 g/mol. The number of aromatic nitrogens is 4. The Kier molecular flexibility index (Phi) is 10.3. The number of H-pyrrole nitrogens is 1. The summed E-state index contributed by atoms with van der Waals surface area (Å²) in [6.45, 7) is 7.03. The van der Waals surface area contributed by atoms with Crippen LogP contribution < -0.4 is 10.7 Å². The number of terminal acetylenes is 1. The Balaban J connectivity index is 0.00000122. The van der Waals surface area contributed by atoms with Crippen LogP contribution in [0.3, 0.4) is 0 Å². The van der Waals surface area contributed by atoms with Gasteiger partial charge in [0, 0.05) is 24.1 Å². The molecular weight excluding hydrogens is 414 g/mol. The highest BCUT2D eigenvalue weighted by Crippen LogP contribution is 2.24. The average Bonchev–Trinajstić information content (AvgIpc) is 3.36. The van der Waals surface area contributed by atoms with Crippen molar-refractivity contribution in [1.82, 2.24) is 20.2 Å². The fourth-order valence-electron chi connectivity index (χ4n) is 2.93. The summed E-state index contributed by atoms with van der Waals surface area (Å²) >= 11 is 0. The predicted molar refractivity (Wildman–Crippen MR) is 134 cm³/mol. The summed E-state index contributed by atoms with van der Waals surface area (Å²) in [6, 6.07) is 9.45. The minimum absolute atomic E-state index is 0.178. The van der Waals surface area contributed by atoms with Crippen molar-refractivity contribution in [2.75, 3.05) is 10.7 Å². The first-order valence-corrected chi connectivity index (χ1v) is 10.2. The highest BCUT2D eigenvalue weighted by Gasteiger charge is 2.09. The lowest BCUT2D eigenvalue weighted by atomic mass is 10.0. The SMILES string of the molecule is C#CC.C=NNc1ccc(-c2ncn[nH]2)cc1CC/C=C(\C=C/C)C(=O)Nc1cccnc1. The van der Waals surface area contributed by atoms with Crippen LogP contribution in [0.25, 0.3) is 11.4 Å². The maximum absolute atomic E-state index is 12.6. The summed E-state index contributed by atoms with van der Waals surface area (Å²) in [5.41, 5.74) is 6.96. The van der Waals surface area contributed by atoms with Crippen molar-refractivity contribution in [3.63, 3.8) is 0 Å². The van der Waals surface area contributed by atoms with Gasteiger partial charge in [-0.15, -0.1) is 12.3 Å². The summed E-state index contributed by atoms with van der Waals surface area (Å²) < 4.78 is 0. The number of benzene rings is 1. The molecule has 0 aliphatic carbocycles. The van der Waals surface area contributed by atoms with Gasteiger partial charge in [-0.2, -0.15) is 10.2 Å². The van der Waals surface area contributed by atoms with E-state index >= 15 is 0 Å². The Hall–Kier alpha value is -4.51. The Morgan fingerprint density at radius 3 is 2.82 bits per heavy atom. The molecule has 0 bridgehead atoms. The topological polar surface area (TPSA) is 108 Å². The summed E-state index contributed by atoms with van der Waals surface area (Å²) in [4.78, 5) is 20.8. The molecule has 3 N–H and O–H groups in total. The second-order valence-electron chi connectivity index (χ2n) is 6.66. The highest BCUT2D eigenvalue weighted by atomic mass is 16.1. The van der Waals surface area contributed by atoms with Crippen LogP contribution in [0, 0.1) is 12.3 Å².